The van der Waals surface area contributed by atoms with Crippen LogP contribution in [0.25, 0.3) is 0 Å². The Bertz CT molecular complexity index is 835. The third kappa shape index (κ3) is 38.9. The lowest BCUT2D eigenvalue weighted by Crippen LogP contribution is -2.30. The fourth-order valence-corrected chi connectivity index (χ4v) is 6.14. The zero-order valence-corrected chi connectivity index (χ0v) is 33.9. The second-order valence-corrected chi connectivity index (χ2v) is 14.6. The molecule has 0 heterocycles. The second kappa shape index (κ2) is 40.7. The maximum atomic E-state index is 12.6. The van der Waals surface area contributed by atoms with Crippen LogP contribution in [0.15, 0.2) is 24.3 Å². The number of carbonyl (C=O) groups is 3. The first-order valence-electron chi connectivity index (χ1n) is 21.8. The van der Waals surface area contributed by atoms with Crippen LogP contribution in [0, 0.1) is 0 Å². The SMILES string of the molecule is CCCCCCCCCCC=CCC=CCCC(=O)OCC(COC(=O)CCCCCCCCCCC)OC(=O)CCCCCCCCCCC. The zero-order chi connectivity index (χ0) is 37.3. The van der Waals surface area contributed by atoms with Gasteiger partial charge in [0.05, 0.1) is 0 Å². The molecular formula is C45H82O6. The number of rotatable bonds is 39. The molecule has 0 bridgehead atoms. The van der Waals surface area contributed by atoms with E-state index in [9.17, 15) is 14.4 Å². The fraction of sp³-hybridized carbons (Fsp3) is 0.844. The Labute approximate surface area is 315 Å². The average Bonchev–Trinajstić information content (AvgIpc) is 3.12. The Morgan fingerprint density at radius 3 is 1.20 bits per heavy atom. The Morgan fingerprint density at radius 1 is 0.392 bits per heavy atom. The van der Waals surface area contributed by atoms with Gasteiger partial charge in [0.15, 0.2) is 6.10 Å². The van der Waals surface area contributed by atoms with E-state index in [0.29, 0.717) is 19.3 Å². The van der Waals surface area contributed by atoms with E-state index in [2.05, 4.69) is 39.0 Å². The molecule has 6 nitrogen and oxygen atoms in total. The summed E-state index contributed by atoms with van der Waals surface area (Å²) in [6, 6.07) is 0. The van der Waals surface area contributed by atoms with Gasteiger partial charge in [0.1, 0.15) is 13.2 Å². The van der Waals surface area contributed by atoms with Crippen molar-refractivity contribution >= 4 is 17.9 Å². The van der Waals surface area contributed by atoms with Crippen LogP contribution in [0.5, 0.6) is 0 Å². The van der Waals surface area contributed by atoms with Crippen molar-refractivity contribution in [3.05, 3.63) is 24.3 Å². The number of carbonyl (C=O) groups excluding carboxylic acids is 3. The van der Waals surface area contributed by atoms with Gasteiger partial charge in [0, 0.05) is 19.3 Å². The summed E-state index contributed by atoms with van der Waals surface area (Å²) < 4.78 is 16.6. The molecule has 51 heavy (non-hydrogen) atoms. The first-order chi connectivity index (χ1) is 25.0. The monoisotopic (exact) mass is 719 g/mol. The van der Waals surface area contributed by atoms with E-state index in [1.54, 1.807) is 0 Å². The molecule has 0 saturated carbocycles. The van der Waals surface area contributed by atoms with Crippen molar-refractivity contribution in [1.82, 2.24) is 0 Å². The molecule has 6 heteroatoms. The minimum Gasteiger partial charge on any atom is -0.462 e. The maximum absolute atomic E-state index is 12.6. The quantitative estimate of drug-likeness (QED) is 0.0272. The molecule has 0 N–H and O–H groups in total. The summed E-state index contributed by atoms with van der Waals surface area (Å²) in [5, 5.41) is 0. The van der Waals surface area contributed by atoms with Gasteiger partial charge < -0.3 is 14.2 Å². The van der Waals surface area contributed by atoms with Crippen molar-refractivity contribution in [1.29, 1.82) is 0 Å². The molecule has 0 spiro atoms. The Kier molecular flexibility index (Phi) is 39.0. The minimum atomic E-state index is -0.783. The summed E-state index contributed by atoms with van der Waals surface area (Å²) >= 11 is 0. The molecule has 0 saturated heterocycles. The van der Waals surface area contributed by atoms with Crippen molar-refractivity contribution in [3.63, 3.8) is 0 Å². The van der Waals surface area contributed by atoms with Crippen LogP contribution in [-0.4, -0.2) is 37.2 Å². The minimum absolute atomic E-state index is 0.0851. The first-order valence-corrected chi connectivity index (χ1v) is 21.8. The fourth-order valence-electron chi connectivity index (χ4n) is 6.14. The van der Waals surface area contributed by atoms with E-state index in [1.807, 2.05) is 6.08 Å². The molecule has 0 aliphatic rings. The normalized spacial score (nSPS) is 12.1. The molecule has 0 aromatic heterocycles. The highest BCUT2D eigenvalue weighted by atomic mass is 16.6. The van der Waals surface area contributed by atoms with Crippen LogP contribution in [0.3, 0.4) is 0 Å². The summed E-state index contributed by atoms with van der Waals surface area (Å²) in [5.41, 5.74) is 0. The van der Waals surface area contributed by atoms with Gasteiger partial charge >= 0.3 is 17.9 Å². The van der Waals surface area contributed by atoms with Crippen LogP contribution in [0.2, 0.25) is 0 Å². The van der Waals surface area contributed by atoms with E-state index < -0.39 is 6.10 Å². The molecule has 0 aromatic rings. The lowest BCUT2D eigenvalue weighted by Gasteiger charge is -2.18. The molecule has 1 unspecified atom stereocenters. The molecule has 0 aliphatic carbocycles. The van der Waals surface area contributed by atoms with Crippen molar-refractivity contribution in [3.8, 4) is 0 Å². The molecule has 0 fully saturated rings. The van der Waals surface area contributed by atoms with Crippen LogP contribution in [0.4, 0.5) is 0 Å². The van der Waals surface area contributed by atoms with Gasteiger partial charge in [-0.2, -0.15) is 0 Å². The van der Waals surface area contributed by atoms with Gasteiger partial charge in [-0.1, -0.05) is 193 Å². The van der Waals surface area contributed by atoms with Crippen molar-refractivity contribution in [2.24, 2.45) is 0 Å². The van der Waals surface area contributed by atoms with Crippen LogP contribution in [-0.2, 0) is 28.6 Å². The van der Waals surface area contributed by atoms with Crippen LogP contribution >= 0.6 is 0 Å². The highest BCUT2D eigenvalue weighted by Gasteiger charge is 2.19. The van der Waals surface area contributed by atoms with E-state index in [1.165, 1.54) is 128 Å². The van der Waals surface area contributed by atoms with Gasteiger partial charge in [-0.3, -0.25) is 14.4 Å². The highest BCUT2D eigenvalue weighted by molar-refractivity contribution is 5.71. The summed E-state index contributed by atoms with van der Waals surface area (Å²) in [6.07, 6.45) is 43.2. The molecule has 0 aliphatic heterocycles. The van der Waals surface area contributed by atoms with Gasteiger partial charge in [-0.25, -0.2) is 0 Å². The highest BCUT2D eigenvalue weighted by Crippen LogP contribution is 2.14. The number of allylic oxidation sites excluding steroid dienone is 4. The van der Waals surface area contributed by atoms with Gasteiger partial charge in [-0.15, -0.1) is 0 Å². The van der Waals surface area contributed by atoms with E-state index in [4.69, 9.17) is 14.2 Å². The molecule has 0 aromatic carbocycles. The summed E-state index contributed by atoms with van der Waals surface area (Å²) in [6.45, 7) is 6.54. The van der Waals surface area contributed by atoms with Crippen molar-refractivity contribution in [2.75, 3.05) is 13.2 Å². The predicted molar refractivity (Wildman–Crippen MR) is 215 cm³/mol. The molecular weight excluding hydrogens is 636 g/mol. The van der Waals surface area contributed by atoms with E-state index in [-0.39, 0.29) is 37.5 Å². The standard InChI is InChI=1S/C45H82O6/c1-4-7-10-13-16-19-20-21-22-23-24-27-29-32-35-38-44(47)50-41-42(51-45(48)39-36-33-30-26-18-15-12-9-6-3)40-49-43(46)37-34-31-28-25-17-14-11-8-5-2/h23-24,29,32,42H,4-22,25-28,30-31,33-41H2,1-3H3. The number of hydrogen-bond donors (Lipinski definition) is 0. The molecule has 298 valence electrons. The van der Waals surface area contributed by atoms with Crippen molar-refractivity contribution in [2.45, 2.75) is 232 Å². The number of ether oxygens (including phenoxy) is 3. The van der Waals surface area contributed by atoms with Crippen LogP contribution < -0.4 is 0 Å². The lowest BCUT2D eigenvalue weighted by atomic mass is 10.1. The summed E-state index contributed by atoms with van der Waals surface area (Å²) in [5.74, 6) is -0.959. The van der Waals surface area contributed by atoms with E-state index >= 15 is 0 Å². The van der Waals surface area contributed by atoms with Gasteiger partial charge in [-0.05, 0) is 38.5 Å². The van der Waals surface area contributed by atoms with Gasteiger partial charge in [0.25, 0.3) is 0 Å². The predicted octanol–water partition coefficient (Wildman–Crippen LogP) is 13.6. The third-order valence-electron chi connectivity index (χ3n) is 9.47. The zero-order valence-electron chi connectivity index (χ0n) is 33.9. The largest absolute Gasteiger partial charge is 0.462 e. The Hall–Kier alpha value is -2.11. The molecule has 0 rings (SSSR count). The van der Waals surface area contributed by atoms with E-state index in [0.717, 1.165) is 51.4 Å². The van der Waals surface area contributed by atoms with Crippen molar-refractivity contribution < 1.29 is 28.6 Å². The average molecular weight is 719 g/mol. The number of hydrogen-bond acceptors (Lipinski definition) is 6. The summed E-state index contributed by atoms with van der Waals surface area (Å²) in [4.78, 5) is 37.5. The maximum Gasteiger partial charge on any atom is 0.306 e. The van der Waals surface area contributed by atoms with Crippen LogP contribution in [0.1, 0.15) is 226 Å². The topological polar surface area (TPSA) is 78.9 Å². The number of unbranched alkanes of at least 4 members (excludes halogenated alkanes) is 24. The van der Waals surface area contributed by atoms with Gasteiger partial charge in [0.2, 0.25) is 0 Å². The second-order valence-electron chi connectivity index (χ2n) is 14.6. The summed E-state index contributed by atoms with van der Waals surface area (Å²) in [7, 11) is 0. The molecule has 1 atom stereocenters. The smallest absolute Gasteiger partial charge is 0.306 e. The molecule has 0 amide bonds. The molecule has 0 radical (unpaired) electrons. The number of esters is 3. The first kappa shape index (κ1) is 48.9. The lowest BCUT2D eigenvalue weighted by molar-refractivity contribution is -0.166. The Balaban J connectivity index is 4.38. The Morgan fingerprint density at radius 2 is 0.745 bits per heavy atom. The third-order valence-corrected chi connectivity index (χ3v) is 9.47.